The Kier molecular flexibility index (Phi) is 6.15. The van der Waals surface area contributed by atoms with Crippen LogP contribution in [-0.4, -0.2) is 37.9 Å². The number of nitrogens with one attached hydrogen (secondary N) is 1. The van der Waals surface area contributed by atoms with Crippen LogP contribution in [0.25, 0.3) is 0 Å². The third kappa shape index (κ3) is 4.79. The molecule has 1 atom stereocenters. The molecule has 0 spiro atoms. The molecular formula is C14H21NO4. The van der Waals surface area contributed by atoms with Crippen molar-refractivity contribution in [2.24, 2.45) is 0 Å². The molecule has 0 fully saturated rings. The molecule has 0 radical (unpaired) electrons. The number of benzene rings is 1. The molecule has 5 nitrogen and oxygen atoms in total. The lowest BCUT2D eigenvalue weighted by molar-refractivity contribution is -0.142. The highest BCUT2D eigenvalue weighted by atomic mass is 16.5. The lowest BCUT2D eigenvalue weighted by atomic mass is 10.1. The van der Waals surface area contributed by atoms with Crippen molar-refractivity contribution in [2.75, 3.05) is 26.1 Å². The Bertz CT molecular complexity index is 420. The van der Waals surface area contributed by atoms with Gasteiger partial charge < -0.3 is 19.9 Å². The minimum absolute atomic E-state index is 0.0285. The van der Waals surface area contributed by atoms with E-state index in [2.05, 4.69) is 17.0 Å². The molecule has 19 heavy (non-hydrogen) atoms. The van der Waals surface area contributed by atoms with Crippen LogP contribution in [0.2, 0.25) is 0 Å². The predicted octanol–water partition coefficient (Wildman–Crippen LogP) is 1.59. The first kappa shape index (κ1) is 15.3. The Labute approximate surface area is 113 Å². The van der Waals surface area contributed by atoms with E-state index in [0.29, 0.717) is 5.75 Å². The zero-order valence-electron chi connectivity index (χ0n) is 11.6. The molecule has 1 aromatic rings. The smallest absolute Gasteiger partial charge is 0.308 e. The summed E-state index contributed by atoms with van der Waals surface area (Å²) in [5.41, 5.74) is 1.98. The minimum atomic E-state index is -0.789. The van der Waals surface area contributed by atoms with Crippen LogP contribution in [-0.2, 0) is 16.0 Å². The van der Waals surface area contributed by atoms with Crippen molar-refractivity contribution >= 4 is 11.7 Å². The fourth-order valence-corrected chi connectivity index (χ4v) is 1.69. The Hall–Kier alpha value is -1.75. The molecule has 0 aromatic heterocycles. The highest BCUT2D eigenvalue weighted by Crippen LogP contribution is 2.25. The molecule has 1 aromatic carbocycles. The van der Waals surface area contributed by atoms with Gasteiger partial charge in [0.15, 0.2) is 0 Å². The largest absolute Gasteiger partial charge is 0.495 e. The van der Waals surface area contributed by atoms with Crippen molar-refractivity contribution in [3.63, 3.8) is 0 Å². The summed E-state index contributed by atoms with van der Waals surface area (Å²) < 4.78 is 9.75. The lowest BCUT2D eigenvalue weighted by Gasteiger charge is -2.15. The van der Waals surface area contributed by atoms with E-state index in [1.165, 1.54) is 12.7 Å². The number of esters is 1. The first-order valence-electron chi connectivity index (χ1n) is 6.26. The normalized spacial score (nSPS) is 11.8. The average molecular weight is 267 g/mol. The van der Waals surface area contributed by atoms with Gasteiger partial charge in [0.05, 0.1) is 32.4 Å². The molecule has 0 bridgehead atoms. The van der Waals surface area contributed by atoms with E-state index >= 15 is 0 Å². The summed E-state index contributed by atoms with van der Waals surface area (Å²) in [5, 5.41) is 12.8. The summed E-state index contributed by atoms with van der Waals surface area (Å²) >= 11 is 0. The van der Waals surface area contributed by atoms with Crippen molar-refractivity contribution in [3.05, 3.63) is 23.8 Å². The maximum absolute atomic E-state index is 11.0. The first-order chi connectivity index (χ1) is 9.10. The molecule has 0 aliphatic carbocycles. The van der Waals surface area contributed by atoms with Crippen molar-refractivity contribution in [3.8, 4) is 5.75 Å². The number of carbonyl (C=O) groups is 1. The van der Waals surface area contributed by atoms with Crippen LogP contribution < -0.4 is 10.1 Å². The number of aliphatic hydroxyl groups excluding tert-OH is 1. The second-order valence-electron chi connectivity index (χ2n) is 4.20. The Morgan fingerprint density at radius 3 is 2.74 bits per heavy atom. The number of methoxy groups -OCH3 is 2. The van der Waals surface area contributed by atoms with Crippen LogP contribution >= 0.6 is 0 Å². The summed E-state index contributed by atoms with van der Waals surface area (Å²) in [6.45, 7) is 2.33. The fraction of sp³-hybridized carbons (Fsp3) is 0.500. The van der Waals surface area contributed by atoms with Crippen molar-refractivity contribution in [2.45, 2.75) is 25.9 Å². The number of carbonyl (C=O) groups excluding carboxylic acids is 1. The molecule has 106 valence electrons. The number of aryl methyl sites for hydroxylation is 1. The molecule has 0 saturated carbocycles. The van der Waals surface area contributed by atoms with Crippen molar-refractivity contribution < 1.29 is 19.4 Å². The quantitative estimate of drug-likeness (QED) is 0.734. The molecule has 0 saturated heterocycles. The van der Waals surface area contributed by atoms with Crippen LogP contribution in [0.15, 0.2) is 18.2 Å². The van der Waals surface area contributed by atoms with E-state index in [1.54, 1.807) is 7.11 Å². The zero-order chi connectivity index (χ0) is 14.3. The summed E-state index contributed by atoms with van der Waals surface area (Å²) in [7, 11) is 2.90. The van der Waals surface area contributed by atoms with Gasteiger partial charge in [-0.15, -0.1) is 0 Å². The van der Waals surface area contributed by atoms with Crippen LogP contribution in [0.3, 0.4) is 0 Å². The molecule has 1 unspecified atom stereocenters. The van der Waals surface area contributed by atoms with Crippen LogP contribution in [0.4, 0.5) is 5.69 Å². The molecule has 0 aliphatic heterocycles. The van der Waals surface area contributed by atoms with Gasteiger partial charge in [-0.1, -0.05) is 13.0 Å². The highest BCUT2D eigenvalue weighted by Gasteiger charge is 2.12. The summed E-state index contributed by atoms with van der Waals surface area (Å²) in [4.78, 5) is 11.0. The topological polar surface area (TPSA) is 67.8 Å². The standard InChI is InChI=1S/C14H21NO4/c1-4-10-5-6-13(18-2)12(7-10)15-9-11(16)8-14(17)19-3/h5-7,11,15-16H,4,8-9H2,1-3H3. The maximum atomic E-state index is 11.0. The number of hydrogen-bond donors (Lipinski definition) is 2. The van der Waals surface area contributed by atoms with E-state index in [4.69, 9.17) is 4.74 Å². The van der Waals surface area contributed by atoms with Crippen LogP contribution in [0.1, 0.15) is 18.9 Å². The van der Waals surface area contributed by atoms with E-state index < -0.39 is 12.1 Å². The number of ether oxygens (including phenoxy) is 2. The molecule has 0 heterocycles. The third-order valence-electron chi connectivity index (χ3n) is 2.83. The lowest BCUT2D eigenvalue weighted by Crippen LogP contribution is -2.23. The van der Waals surface area contributed by atoms with Gasteiger partial charge in [0.2, 0.25) is 0 Å². The fourth-order valence-electron chi connectivity index (χ4n) is 1.69. The van der Waals surface area contributed by atoms with Gasteiger partial charge in [-0.3, -0.25) is 4.79 Å². The molecular weight excluding hydrogens is 246 g/mol. The summed E-state index contributed by atoms with van der Waals surface area (Å²) in [5.74, 6) is 0.283. The van der Waals surface area contributed by atoms with Crippen LogP contribution in [0.5, 0.6) is 5.75 Å². The van der Waals surface area contributed by atoms with E-state index in [9.17, 15) is 9.90 Å². The van der Waals surface area contributed by atoms with Gasteiger partial charge in [0.25, 0.3) is 0 Å². The second kappa shape index (κ2) is 7.63. The Balaban J connectivity index is 2.62. The maximum Gasteiger partial charge on any atom is 0.308 e. The molecule has 1 rings (SSSR count). The molecule has 5 heteroatoms. The van der Waals surface area contributed by atoms with Crippen molar-refractivity contribution in [1.29, 1.82) is 0 Å². The molecule has 0 amide bonds. The van der Waals surface area contributed by atoms with Gasteiger partial charge in [-0.2, -0.15) is 0 Å². The van der Waals surface area contributed by atoms with Gasteiger partial charge in [0.1, 0.15) is 5.75 Å². The third-order valence-corrected chi connectivity index (χ3v) is 2.83. The highest BCUT2D eigenvalue weighted by molar-refractivity contribution is 5.69. The Morgan fingerprint density at radius 1 is 1.42 bits per heavy atom. The van der Waals surface area contributed by atoms with Gasteiger partial charge in [-0.25, -0.2) is 0 Å². The molecule has 0 aliphatic rings. The number of anilines is 1. The van der Waals surface area contributed by atoms with E-state index in [0.717, 1.165) is 12.1 Å². The number of hydrogen-bond acceptors (Lipinski definition) is 5. The SMILES string of the molecule is CCc1ccc(OC)c(NCC(O)CC(=O)OC)c1. The average Bonchev–Trinajstić information content (AvgIpc) is 2.44. The number of aliphatic hydroxyl groups is 1. The van der Waals surface area contributed by atoms with Gasteiger partial charge in [0, 0.05) is 6.54 Å². The minimum Gasteiger partial charge on any atom is -0.495 e. The zero-order valence-corrected chi connectivity index (χ0v) is 11.6. The van der Waals surface area contributed by atoms with Gasteiger partial charge >= 0.3 is 5.97 Å². The molecule has 2 N–H and O–H groups in total. The predicted molar refractivity (Wildman–Crippen MR) is 73.5 cm³/mol. The van der Waals surface area contributed by atoms with Crippen molar-refractivity contribution in [1.82, 2.24) is 0 Å². The number of rotatable bonds is 7. The van der Waals surface area contributed by atoms with E-state index in [1.807, 2.05) is 18.2 Å². The van der Waals surface area contributed by atoms with E-state index in [-0.39, 0.29) is 13.0 Å². The van der Waals surface area contributed by atoms with Gasteiger partial charge in [-0.05, 0) is 24.1 Å². The van der Waals surface area contributed by atoms with Crippen LogP contribution in [0, 0.1) is 0 Å². The summed E-state index contributed by atoms with van der Waals surface area (Å²) in [6, 6.07) is 5.85. The monoisotopic (exact) mass is 267 g/mol. The first-order valence-corrected chi connectivity index (χ1v) is 6.26. The summed E-state index contributed by atoms with van der Waals surface area (Å²) in [6.07, 6.45) is 0.102. The second-order valence-corrected chi connectivity index (χ2v) is 4.20. The Morgan fingerprint density at radius 2 is 2.16 bits per heavy atom.